The van der Waals surface area contributed by atoms with Gasteiger partial charge in [0.1, 0.15) is 5.84 Å². The average Bonchev–Trinajstić information content (AvgIpc) is 2.79. The zero-order valence-electron chi connectivity index (χ0n) is 15.6. The van der Waals surface area contributed by atoms with Crippen LogP contribution in [0.3, 0.4) is 0 Å². The van der Waals surface area contributed by atoms with Crippen LogP contribution in [0.1, 0.15) is 17.3 Å². The van der Waals surface area contributed by atoms with Crippen LogP contribution in [-0.2, 0) is 0 Å². The summed E-state index contributed by atoms with van der Waals surface area (Å²) < 4.78 is 0. The Kier molecular flexibility index (Phi) is 4.59. The van der Waals surface area contributed by atoms with Crippen molar-refractivity contribution in [1.29, 1.82) is 0 Å². The Bertz CT molecular complexity index is 1230. The fourth-order valence-electron chi connectivity index (χ4n) is 3.53. The molecule has 0 amide bonds. The molecule has 5 rings (SSSR count). The fraction of sp³-hybridized carbons (Fsp3) is 0.0400. The van der Waals surface area contributed by atoms with E-state index in [1.807, 2.05) is 30.3 Å². The smallest absolute Gasteiger partial charge is 0.199 e. The van der Waals surface area contributed by atoms with E-state index < -0.39 is 0 Å². The van der Waals surface area contributed by atoms with Crippen molar-refractivity contribution in [1.82, 2.24) is 5.32 Å². The van der Waals surface area contributed by atoms with E-state index in [-0.39, 0.29) is 6.17 Å². The second kappa shape index (κ2) is 7.53. The van der Waals surface area contributed by atoms with Crippen LogP contribution in [0.25, 0.3) is 21.9 Å². The van der Waals surface area contributed by atoms with E-state index in [1.165, 1.54) is 16.3 Å². The van der Waals surface area contributed by atoms with Crippen LogP contribution in [-0.4, -0.2) is 11.1 Å². The van der Waals surface area contributed by atoms with Gasteiger partial charge in [-0.25, -0.2) is 9.98 Å². The first-order chi connectivity index (χ1) is 14.3. The van der Waals surface area contributed by atoms with Gasteiger partial charge in [-0.05, 0) is 45.1 Å². The van der Waals surface area contributed by atoms with Crippen LogP contribution in [0.15, 0.2) is 107 Å². The second-order valence-corrected chi connectivity index (χ2v) is 7.30. The number of hydrogen-bond donors (Lipinski definition) is 1. The van der Waals surface area contributed by atoms with Crippen molar-refractivity contribution >= 4 is 33.5 Å². The molecule has 0 bridgehead atoms. The maximum atomic E-state index is 6.25. The molecule has 1 aliphatic heterocycles. The lowest BCUT2D eigenvalue weighted by atomic mass is 10.00. The molecule has 4 heteroatoms. The number of aliphatic imine (C=N–C) groups is 2. The van der Waals surface area contributed by atoms with Gasteiger partial charge in [-0.3, -0.25) is 0 Å². The molecule has 4 aromatic carbocycles. The second-order valence-electron chi connectivity index (χ2n) is 6.95. The van der Waals surface area contributed by atoms with Crippen LogP contribution >= 0.6 is 11.6 Å². The summed E-state index contributed by atoms with van der Waals surface area (Å²) in [5.74, 6) is 0.731. The minimum absolute atomic E-state index is 0.349. The Hall–Kier alpha value is -3.43. The maximum Gasteiger partial charge on any atom is 0.199 e. The number of fused-ring (bicyclic) bond motifs is 1. The molecule has 1 heterocycles. The lowest BCUT2D eigenvalue weighted by Crippen LogP contribution is -2.32. The lowest BCUT2D eigenvalue weighted by molar-refractivity contribution is 0.760. The standard InChI is InChI=1S/C25H18ClN3/c26-25-28-23(19-7-2-1-3-8-19)27-24(29-25)20-13-10-18(11-14-20)22-15-12-17-6-4-5-9-21(17)16-22/h1-16,24H,(H,27,28,29). The Balaban J connectivity index is 1.46. The van der Waals surface area contributed by atoms with E-state index in [2.05, 4.69) is 77.0 Å². The summed E-state index contributed by atoms with van der Waals surface area (Å²) in [7, 11) is 0. The summed E-state index contributed by atoms with van der Waals surface area (Å²) in [6.07, 6.45) is -0.357. The van der Waals surface area contributed by atoms with E-state index in [0.717, 1.165) is 22.5 Å². The van der Waals surface area contributed by atoms with E-state index in [9.17, 15) is 0 Å². The van der Waals surface area contributed by atoms with Crippen molar-refractivity contribution in [2.75, 3.05) is 0 Å². The first kappa shape index (κ1) is 17.7. The van der Waals surface area contributed by atoms with Gasteiger partial charge < -0.3 is 5.32 Å². The quantitative estimate of drug-likeness (QED) is 0.415. The highest BCUT2D eigenvalue weighted by Crippen LogP contribution is 2.28. The monoisotopic (exact) mass is 395 g/mol. The number of rotatable bonds is 3. The third kappa shape index (κ3) is 3.65. The first-order valence-electron chi connectivity index (χ1n) is 9.49. The van der Waals surface area contributed by atoms with E-state index >= 15 is 0 Å². The fourth-order valence-corrected chi connectivity index (χ4v) is 3.71. The summed E-state index contributed by atoms with van der Waals surface area (Å²) in [6.45, 7) is 0. The Morgan fingerprint density at radius 3 is 2.10 bits per heavy atom. The molecule has 0 saturated heterocycles. The maximum absolute atomic E-state index is 6.25. The van der Waals surface area contributed by atoms with Crippen molar-refractivity contribution < 1.29 is 0 Å². The number of halogens is 1. The molecule has 0 aromatic heterocycles. The highest BCUT2D eigenvalue weighted by molar-refractivity contribution is 6.66. The Morgan fingerprint density at radius 1 is 0.621 bits per heavy atom. The largest absolute Gasteiger partial charge is 0.315 e. The molecule has 1 atom stereocenters. The van der Waals surface area contributed by atoms with Crippen molar-refractivity contribution in [3.63, 3.8) is 0 Å². The average molecular weight is 396 g/mol. The van der Waals surface area contributed by atoms with Gasteiger partial charge in [0.2, 0.25) is 0 Å². The summed E-state index contributed by atoms with van der Waals surface area (Å²) in [5, 5.41) is 5.88. The molecule has 1 aliphatic rings. The Labute approximate surface area is 174 Å². The molecule has 29 heavy (non-hydrogen) atoms. The van der Waals surface area contributed by atoms with Gasteiger partial charge in [0.05, 0.1) is 0 Å². The number of benzene rings is 4. The molecule has 0 fully saturated rings. The van der Waals surface area contributed by atoms with Crippen molar-refractivity contribution in [2.24, 2.45) is 9.98 Å². The van der Waals surface area contributed by atoms with Crippen molar-refractivity contribution in [3.8, 4) is 11.1 Å². The molecular weight excluding hydrogens is 378 g/mol. The lowest BCUT2D eigenvalue weighted by Gasteiger charge is -2.19. The normalized spacial score (nSPS) is 16.1. The third-order valence-corrected chi connectivity index (χ3v) is 5.24. The van der Waals surface area contributed by atoms with Crippen LogP contribution in [0, 0.1) is 0 Å². The molecule has 0 radical (unpaired) electrons. The van der Waals surface area contributed by atoms with Crippen molar-refractivity contribution in [2.45, 2.75) is 6.17 Å². The SMILES string of the molecule is ClC1=NC(c2ccc(-c3ccc4ccccc4c3)cc2)N=C(c2ccccc2)N1. The molecule has 140 valence electrons. The molecular formula is C25H18ClN3. The predicted molar refractivity (Wildman–Crippen MR) is 122 cm³/mol. The van der Waals surface area contributed by atoms with Crippen LogP contribution < -0.4 is 5.32 Å². The number of nitrogens with zero attached hydrogens (tertiary/aromatic N) is 2. The molecule has 0 aliphatic carbocycles. The van der Waals surface area contributed by atoms with E-state index in [0.29, 0.717) is 5.29 Å². The van der Waals surface area contributed by atoms with Gasteiger partial charge in [-0.1, -0.05) is 91.0 Å². The predicted octanol–water partition coefficient (Wildman–Crippen LogP) is 6.15. The van der Waals surface area contributed by atoms with Gasteiger partial charge in [-0.15, -0.1) is 0 Å². The minimum atomic E-state index is -0.357. The summed E-state index contributed by atoms with van der Waals surface area (Å²) in [5.41, 5.74) is 4.34. The molecule has 3 nitrogen and oxygen atoms in total. The minimum Gasteiger partial charge on any atom is -0.315 e. The number of amidine groups is 2. The molecule has 4 aromatic rings. The van der Waals surface area contributed by atoms with Crippen LogP contribution in [0.4, 0.5) is 0 Å². The molecule has 1 N–H and O–H groups in total. The Morgan fingerprint density at radius 2 is 1.31 bits per heavy atom. The summed E-state index contributed by atoms with van der Waals surface area (Å²) in [4.78, 5) is 9.20. The summed E-state index contributed by atoms with van der Waals surface area (Å²) >= 11 is 6.25. The van der Waals surface area contributed by atoms with Gasteiger partial charge in [-0.2, -0.15) is 0 Å². The van der Waals surface area contributed by atoms with Crippen molar-refractivity contribution in [3.05, 3.63) is 108 Å². The van der Waals surface area contributed by atoms with Gasteiger partial charge in [0.15, 0.2) is 11.5 Å². The van der Waals surface area contributed by atoms with Gasteiger partial charge in [0, 0.05) is 5.56 Å². The molecule has 0 saturated carbocycles. The zero-order chi connectivity index (χ0) is 19.6. The zero-order valence-corrected chi connectivity index (χ0v) is 16.3. The highest BCUT2D eigenvalue weighted by Gasteiger charge is 2.18. The molecule has 0 spiro atoms. The van der Waals surface area contributed by atoms with Gasteiger partial charge in [0.25, 0.3) is 0 Å². The topological polar surface area (TPSA) is 36.8 Å². The first-order valence-corrected chi connectivity index (χ1v) is 9.87. The third-order valence-electron chi connectivity index (χ3n) is 5.05. The van der Waals surface area contributed by atoms with E-state index in [4.69, 9.17) is 16.6 Å². The van der Waals surface area contributed by atoms with Crippen LogP contribution in [0.5, 0.6) is 0 Å². The summed E-state index contributed by atoms with van der Waals surface area (Å²) in [6, 6.07) is 33.2. The van der Waals surface area contributed by atoms with Gasteiger partial charge >= 0.3 is 0 Å². The number of hydrogen-bond acceptors (Lipinski definition) is 3. The highest BCUT2D eigenvalue weighted by atomic mass is 35.5. The number of nitrogens with one attached hydrogen (secondary N) is 1. The van der Waals surface area contributed by atoms with E-state index in [1.54, 1.807) is 0 Å². The molecule has 1 unspecified atom stereocenters. The van der Waals surface area contributed by atoms with Crippen LogP contribution in [0.2, 0.25) is 0 Å².